The molecule has 3 nitrogen and oxygen atoms in total. The largest absolute Gasteiger partial charge is 0.354 e. The molecule has 1 spiro atoms. The first kappa shape index (κ1) is 5.77. The molecule has 3 rings (SSSR count). The number of ether oxygens (including phenoxy) is 1. The summed E-state index contributed by atoms with van der Waals surface area (Å²) < 4.78 is 5.14. The number of hydrogen-bond donors (Lipinski definition) is 0. The topological polar surface area (TPSA) is 29.5 Å². The lowest BCUT2D eigenvalue weighted by Crippen LogP contribution is -2.26. The molecule has 0 atom stereocenters. The first-order chi connectivity index (χ1) is 5.32. The van der Waals surface area contributed by atoms with Gasteiger partial charge in [-0.3, -0.25) is 9.69 Å². The molecule has 3 aliphatic rings. The summed E-state index contributed by atoms with van der Waals surface area (Å²) >= 11 is 0. The van der Waals surface area contributed by atoms with E-state index in [1.165, 1.54) is 0 Å². The second-order valence-electron chi connectivity index (χ2n) is 3.50. The molecule has 1 aliphatic carbocycles. The number of nitrogens with zero attached hydrogens (tertiary/aromatic N) is 1. The molecule has 58 valence electrons. The summed E-state index contributed by atoms with van der Waals surface area (Å²) in [7, 11) is 0. The number of rotatable bonds is 0. The average molecular weight is 151 g/mol. The number of hydrogen-bond acceptors (Lipinski definition) is 2. The van der Waals surface area contributed by atoms with E-state index in [1.807, 2.05) is 0 Å². The fraction of sp³-hybridized carbons (Fsp3) is 0.625. The van der Waals surface area contributed by atoms with Gasteiger partial charge < -0.3 is 4.74 Å². The van der Waals surface area contributed by atoms with E-state index < -0.39 is 0 Å². The Morgan fingerprint density at radius 1 is 1.55 bits per heavy atom. The predicted molar refractivity (Wildman–Crippen MR) is 37.4 cm³/mol. The molecule has 0 bridgehead atoms. The van der Waals surface area contributed by atoms with Gasteiger partial charge in [0, 0.05) is 5.70 Å². The number of carbonyl (C=O) groups is 1. The van der Waals surface area contributed by atoms with Gasteiger partial charge in [0.15, 0.2) is 0 Å². The molecule has 2 heterocycles. The Labute approximate surface area is 64.6 Å². The SMILES string of the molecule is O=C1N2COCC2=CC12CC2. The van der Waals surface area contributed by atoms with Crippen LogP contribution in [0.15, 0.2) is 11.8 Å². The lowest BCUT2D eigenvalue weighted by molar-refractivity contribution is -0.132. The van der Waals surface area contributed by atoms with E-state index in [1.54, 1.807) is 4.90 Å². The van der Waals surface area contributed by atoms with E-state index in [0.717, 1.165) is 18.5 Å². The van der Waals surface area contributed by atoms with Crippen LogP contribution in [-0.2, 0) is 9.53 Å². The Bertz CT molecular complexity index is 265. The summed E-state index contributed by atoms with van der Waals surface area (Å²) in [5.41, 5.74) is 1.03. The van der Waals surface area contributed by atoms with Crippen LogP contribution in [0.3, 0.4) is 0 Å². The quantitative estimate of drug-likeness (QED) is 0.504. The second kappa shape index (κ2) is 1.50. The zero-order valence-corrected chi connectivity index (χ0v) is 6.17. The van der Waals surface area contributed by atoms with Crippen molar-refractivity contribution >= 4 is 5.91 Å². The molecule has 0 aromatic carbocycles. The van der Waals surface area contributed by atoms with Crippen molar-refractivity contribution in [3.05, 3.63) is 11.8 Å². The van der Waals surface area contributed by atoms with Crippen molar-refractivity contribution in [2.75, 3.05) is 13.3 Å². The Hall–Kier alpha value is -0.830. The van der Waals surface area contributed by atoms with Crippen molar-refractivity contribution in [2.45, 2.75) is 12.8 Å². The Morgan fingerprint density at radius 2 is 2.36 bits per heavy atom. The monoisotopic (exact) mass is 151 g/mol. The fourth-order valence-electron chi connectivity index (χ4n) is 1.85. The van der Waals surface area contributed by atoms with E-state index in [0.29, 0.717) is 13.3 Å². The Balaban J connectivity index is 2.06. The highest BCUT2D eigenvalue weighted by Gasteiger charge is 2.55. The van der Waals surface area contributed by atoms with Gasteiger partial charge in [0.2, 0.25) is 5.91 Å². The van der Waals surface area contributed by atoms with Gasteiger partial charge in [-0.25, -0.2) is 0 Å². The van der Waals surface area contributed by atoms with Crippen LogP contribution < -0.4 is 0 Å². The van der Waals surface area contributed by atoms with Crippen LogP contribution in [0.5, 0.6) is 0 Å². The van der Waals surface area contributed by atoms with Crippen molar-refractivity contribution < 1.29 is 9.53 Å². The van der Waals surface area contributed by atoms with Gasteiger partial charge in [0.1, 0.15) is 6.73 Å². The van der Waals surface area contributed by atoms with Crippen LogP contribution in [0, 0.1) is 5.41 Å². The third-order valence-electron chi connectivity index (χ3n) is 2.72. The third kappa shape index (κ3) is 0.554. The van der Waals surface area contributed by atoms with Gasteiger partial charge in [0.05, 0.1) is 12.0 Å². The molecule has 1 amide bonds. The van der Waals surface area contributed by atoms with Crippen LogP contribution in [-0.4, -0.2) is 24.1 Å². The van der Waals surface area contributed by atoms with Gasteiger partial charge in [-0.1, -0.05) is 0 Å². The minimum atomic E-state index is -0.0564. The van der Waals surface area contributed by atoms with E-state index >= 15 is 0 Å². The zero-order valence-electron chi connectivity index (χ0n) is 6.17. The second-order valence-corrected chi connectivity index (χ2v) is 3.50. The summed E-state index contributed by atoms with van der Waals surface area (Å²) in [6.45, 7) is 1.11. The van der Waals surface area contributed by atoms with Crippen LogP contribution >= 0.6 is 0 Å². The van der Waals surface area contributed by atoms with Crippen LogP contribution in [0.2, 0.25) is 0 Å². The summed E-state index contributed by atoms with van der Waals surface area (Å²) in [5.74, 6) is 0.269. The maximum atomic E-state index is 11.6. The first-order valence-electron chi connectivity index (χ1n) is 3.93. The lowest BCUT2D eigenvalue weighted by atomic mass is 10.1. The fourth-order valence-corrected chi connectivity index (χ4v) is 1.85. The van der Waals surface area contributed by atoms with Crippen molar-refractivity contribution in [1.29, 1.82) is 0 Å². The molecule has 2 fully saturated rings. The van der Waals surface area contributed by atoms with Crippen molar-refractivity contribution in [3.63, 3.8) is 0 Å². The maximum absolute atomic E-state index is 11.6. The molecule has 1 saturated heterocycles. The molecule has 0 unspecified atom stereocenters. The molecule has 2 aliphatic heterocycles. The average Bonchev–Trinajstić information content (AvgIpc) is 2.53. The Kier molecular flexibility index (Phi) is 0.790. The van der Waals surface area contributed by atoms with Gasteiger partial charge >= 0.3 is 0 Å². The highest BCUT2D eigenvalue weighted by atomic mass is 16.5. The standard InChI is InChI=1S/C8H9NO2/c10-7-8(1-2-8)3-6-4-11-5-9(6)7/h3H,1-2,4-5H2. The van der Waals surface area contributed by atoms with Crippen molar-refractivity contribution in [2.24, 2.45) is 5.41 Å². The van der Waals surface area contributed by atoms with E-state index in [2.05, 4.69) is 6.08 Å². The predicted octanol–water partition coefficient (Wildman–Crippen LogP) is 0.480. The van der Waals surface area contributed by atoms with Gasteiger partial charge in [-0.2, -0.15) is 0 Å². The summed E-state index contributed by atoms with van der Waals surface area (Å²) in [6, 6.07) is 0. The molecular weight excluding hydrogens is 142 g/mol. The molecule has 0 aromatic rings. The number of carbonyl (C=O) groups excluding carboxylic acids is 1. The summed E-state index contributed by atoms with van der Waals surface area (Å²) in [6.07, 6.45) is 4.19. The highest BCUT2D eigenvalue weighted by molar-refractivity contribution is 5.92. The van der Waals surface area contributed by atoms with Crippen LogP contribution in [0.4, 0.5) is 0 Å². The zero-order chi connectivity index (χ0) is 7.47. The molecule has 1 saturated carbocycles. The van der Waals surface area contributed by atoms with E-state index in [-0.39, 0.29) is 11.3 Å². The normalized spacial score (nSPS) is 31.1. The molecule has 0 aromatic heterocycles. The summed E-state index contributed by atoms with van der Waals surface area (Å²) in [5, 5.41) is 0. The molecular formula is C8H9NO2. The van der Waals surface area contributed by atoms with Crippen molar-refractivity contribution in [3.8, 4) is 0 Å². The Morgan fingerprint density at radius 3 is 3.00 bits per heavy atom. The van der Waals surface area contributed by atoms with Gasteiger partial charge in [-0.15, -0.1) is 0 Å². The van der Waals surface area contributed by atoms with Crippen LogP contribution in [0.25, 0.3) is 0 Å². The lowest BCUT2D eigenvalue weighted by Gasteiger charge is -2.10. The summed E-state index contributed by atoms with van der Waals surface area (Å²) in [4.78, 5) is 13.3. The molecule has 0 N–H and O–H groups in total. The van der Waals surface area contributed by atoms with E-state index in [9.17, 15) is 4.79 Å². The van der Waals surface area contributed by atoms with E-state index in [4.69, 9.17) is 4.74 Å². The maximum Gasteiger partial charge on any atom is 0.238 e. The molecule has 0 radical (unpaired) electrons. The van der Waals surface area contributed by atoms with Gasteiger partial charge in [0.25, 0.3) is 0 Å². The minimum absolute atomic E-state index is 0.0564. The first-order valence-corrected chi connectivity index (χ1v) is 3.93. The van der Waals surface area contributed by atoms with Crippen molar-refractivity contribution in [1.82, 2.24) is 4.90 Å². The smallest absolute Gasteiger partial charge is 0.238 e. The number of fused-ring (bicyclic) bond motifs is 1. The molecule has 3 heteroatoms. The van der Waals surface area contributed by atoms with Crippen LogP contribution in [0.1, 0.15) is 12.8 Å². The molecule has 11 heavy (non-hydrogen) atoms. The van der Waals surface area contributed by atoms with Gasteiger partial charge in [-0.05, 0) is 18.9 Å². The highest BCUT2D eigenvalue weighted by Crippen LogP contribution is 2.54. The number of amides is 1. The third-order valence-corrected chi connectivity index (χ3v) is 2.72. The minimum Gasteiger partial charge on any atom is -0.354 e.